The summed E-state index contributed by atoms with van der Waals surface area (Å²) in [4.78, 5) is 42.3. The Morgan fingerprint density at radius 3 is 2.33 bits per heavy atom. The molecule has 0 spiro atoms. The third-order valence-electron chi connectivity index (χ3n) is 5.58. The van der Waals surface area contributed by atoms with Gasteiger partial charge in [-0.25, -0.2) is 0 Å². The highest BCUT2D eigenvalue weighted by atomic mass is 32.2. The minimum Gasteiger partial charge on any atom is -0.340 e. The molecule has 176 valence electrons. The zero-order valence-electron chi connectivity index (χ0n) is 19.0. The first-order valence-electron chi connectivity index (χ1n) is 11.3. The number of carbonyl (C=O) groups is 3. The van der Waals surface area contributed by atoms with Crippen LogP contribution in [0.3, 0.4) is 0 Å². The van der Waals surface area contributed by atoms with Crippen LogP contribution < -0.4 is 10.6 Å². The molecule has 8 heteroatoms. The SMILES string of the molecule is CSCCC(NC(=O)c1ccccc1)C(=O)N1CCCN(CC(=O)Nc2ccccc2)CC1. The molecule has 1 unspecified atom stereocenters. The van der Waals surface area contributed by atoms with Crippen LogP contribution in [0.1, 0.15) is 23.2 Å². The Balaban J connectivity index is 1.55. The van der Waals surface area contributed by atoms with Gasteiger partial charge in [-0.1, -0.05) is 36.4 Å². The highest BCUT2D eigenvalue weighted by Gasteiger charge is 2.28. The Morgan fingerprint density at radius 2 is 1.64 bits per heavy atom. The zero-order chi connectivity index (χ0) is 23.5. The number of benzene rings is 2. The van der Waals surface area contributed by atoms with E-state index in [1.807, 2.05) is 59.7 Å². The van der Waals surface area contributed by atoms with E-state index in [1.54, 1.807) is 23.9 Å². The van der Waals surface area contributed by atoms with Gasteiger partial charge in [0.2, 0.25) is 11.8 Å². The maximum Gasteiger partial charge on any atom is 0.251 e. The van der Waals surface area contributed by atoms with Crippen LogP contribution in [-0.4, -0.2) is 78.3 Å². The van der Waals surface area contributed by atoms with Crippen LogP contribution in [0.5, 0.6) is 0 Å². The van der Waals surface area contributed by atoms with Crippen molar-refractivity contribution in [3.05, 3.63) is 66.2 Å². The maximum absolute atomic E-state index is 13.3. The van der Waals surface area contributed by atoms with Crippen molar-refractivity contribution in [1.82, 2.24) is 15.1 Å². The number of nitrogens with zero attached hydrogens (tertiary/aromatic N) is 2. The quantitative estimate of drug-likeness (QED) is 0.591. The zero-order valence-corrected chi connectivity index (χ0v) is 19.9. The summed E-state index contributed by atoms with van der Waals surface area (Å²) in [5.41, 5.74) is 1.32. The number of hydrogen-bond donors (Lipinski definition) is 2. The molecule has 0 bridgehead atoms. The largest absolute Gasteiger partial charge is 0.340 e. The van der Waals surface area contributed by atoms with Crippen molar-refractivity contribution in [2.75, 3.05) is 50.0 Å². The van der Waals surface area contributed by atoms with Crippen LogP contribution in [0.25, 0.3) is 0 Å². The molecule has 1 atom stereocenters. The van der Waals surface area contributed by atoms with Crippen LogP contribution in [-0.2, 0) is 9.59 Å². The first kappa shape index (κ1) is 24.8. The third-order valence-corrected chi connectivity index (χ3v) is 6.22. The Bertz CT molecular complexity index is 910. The molecule has 2 aromatic carbocycles. The topological polar surface area (TPSA) is 81.8 Å². The molecule has 0 saturated carbocycles. The fraction of sp³-hybridized carbons (Fsp3) is 0.400. The van der Waals surface area contributed by atoms with E-state index < -0.39 is 6.04 Å². The van der Waals surface area contributed by atoms with Gasteiger partial charge < -0.3 is 15.5 Å². The van der Waals surface area contributed by atoms with Crippen LogP contribution in [0.15, 0.2) is 60.7 Å². The van der Waals surface area contributed by atoms with Crippen molar-refractivity contribution in [2.24, 2.45) is 0 Å². The van der Waals surface area contributed by atoms with E-state index >= 15 is 0 Å². The molecule has 1 aliphatic rings. The molecule has 2 N–H and O–H groups in total. The van der Waals surface area contributed by atoms with Crippen molar-refractivity contribution in [2.45, 2.75) is 18.9 Å². The van der Waals surface area contributed by atoms with Gasteiger partial charge in [0.1, 0.15) is 6.04 Å². The highest BCUT2D eigenvalue weighted by molar-refractivity contribution is 7.98. The molecule has 7 nitrogen and oxygen atoms in total. The average molecular weight is 469 g/mol. The lowest BCUT2D eigenvalue weighted by Crippen LogP contribution is -2.50. The summed E-state index contributed by atoms with van der Waals surface area (Å²) in [6.45, 7) is 2.81. The van der Waals surface area contributed by atoms with Crippen molar-refractivity contribution in [3.8, 4) is 0 Å². The Morgan fingerprint density at radius 1 is 0.939 bits per heavy atom. The van der Waals surface area contributed by atoms with E-state index in [2.05, 4.69) is 15.5 Å². The number of hydrogen-bond acceptors (Lipinski definition) is 5. The second-order valence-electron chi connectivity index (χ2n) is 8.04. The summed E-state index contributed by atoms with van der Waals surface area (Å²) >= 11 is 1.65. The van der Waals surface area contributed by atoms with E-state index in [0.29, 0.717) is 31.6 Å². The lowest BCUT2D eigenvalue weighted by Gasteiger charge is -2.27. The van der Waals surface area contributed by atoms with E-state index in [4.69, 9.17) is 0 Å². The fourth-order valence-electron chi connectivity index (χ4n) is 3.82. The molecular weight excluding hydrogens is 436 g/mol. The van der Waals surface area contributed by atoms with Crippen LogP contribution in [0.2, 0.25) is 0 Å². The summed E-state index contributed by atoms with van der Waals surface area (Å²) in [7, 11) is 0. The van der Waals surface area contributed by atoms with E-state index in [-0.39, 0.29) is 24.3 Å². The minimum absolute atomic E-state index is 0.0519. The van der Waals surface area contributed by atoms with Gasteiger partial charge in [-0.05, 0) is 49.1 Å². The fourth-order valence-corrected chi connectivity index (χ4v) is 4.29. The van der Waals surface area contributed by atoms with Gasteiger partial charge in [0.25, 0.3) is 5.91 Å². The van der Waals surface area contributed by atoms with Gasteiger partial charge in [0, 0.05) is 37.4 Å². The summed E-state index contributed by atoms with van der Waals surface area (Å²) in [6, 6.07) is 17.8. The molecule has 0 aliphatic carbocycles. The predicted molar refractivity (Wildman–Crippen MR) is 133 cm³/mol. The minimum atomic E-state index is -0.557. The van der Waals surface area contributed by atoms with Crippen LogP contribution in [0, 0.1) is 0 Å². The predicted octanol–water partition coefficient (Wildman–Crippen LogP) is 2.71. The van der Waals surface area contributed by atoms with E-state index in [1.165, 1.54) is 0 Å². The molecule has 3 rings (SSSR count). The van der Waals surface area contributed by atoms with Crippen molar-refractivity contribution in [1.29, 1.82) is 0 Å². The van der Waals surface area contributed by atoms with Crippen LogP contribution in [0.4, 0.5) is 5.69 Å². The van der Waals surface area contributed by atoms with Gasteiger partial charge in [-0.3, -0.25) is 19.3 Å². The first-order valence-corrected chi connectivity index (χ1v) is 12.7. The lowest BCUT2D eigenvalue weighted by molar-refractivity contribution is -0.133. The molecule has 1 heterocycles. The molecule has 0 radical (unpaired) electrons. The van der Waals surface area contributed by atoms with E-state index in [0.717, 1.165) is 24.4 Å². The molecule has 33 heavy (non-hydrogen) atoms. The second kappa shape index (κ2) is 13.0. The first-order chi connectivity index (χ1) is 16.1. The van der Waals surface area contributed by atoms with Crippen molar-refractivity contribution < 1.29 is 14.4 Å². The standard InChI is InChI=1S/C25H32N4O3S/c1-33-18-13-22(27-24(31)20-9-4-2-5-10-20)25(32)29-15-8-14-28(16-17-29)19-23(30)26-21-11-6-3-7-12-21/h2-7,9-12,22H,8,13-19H2,1H3,(H,26,30)(H,27,31). The molecule has 1 fully saturated rings. The van der Waals surface area contributed by atoms with Gasteiger partial charge >= 0.3 is 0 Å². The summed E-state index contributed by atoms with van der Waals surface area (Å²) in [6.07, 6.45) is 3.36. The van der Waals surface area contributed by atoms with Gasteiger partial charge in [-0.15, -0.1) is 0 Å². The molecule has 1 saturated heterocycles. The number of rotatable bonds is 9. The Hall–Kier alpha value is -2.84. The number of amides is 3. The molecule has 0 aromatic heterocycles. The lowest BCUT2D eigenvalue weighted by atomic mass is 10.1. The van der Waals surface area contributed by atoms with Gasteiger partial charge in [-0.2, -0.15) is 11.8 Å². The normalized spacial score (nSPS) is 15.4. The smallest absolute Gasteiger partial charge is 0.251 e. The number of carbonyl (C=O) groups excluding carboxylic acids is 3. The Labute approximate surface area is 199 Å². The average Bonchev–Trinajstić information content (AvgIpc) is 3.07. The number of thioether (sulfide) groups is 1. The molecule has 1 aliphatic heterocycles. The maximum atomic E-state index is 13.3. The number of nitrogens with one attached hydrogen (secondary N) is 2. The molecule has 2 aromatic rings. The van der Waals surface area contributed by atoms with Crippen molar-refractivity contribution in [3.63, 3.8) is 0 Å². The monoisotopic (exact) mass is 468 g/mol. The summed E-state index contributed by atoms with van der Waals surface area (Å²) in [5.74, 6) is 0.437. The second-order valence-corrected chi connectivity index (χ2v) is 9.03. The highest BCUT2D eigenvalue weighted by Crippen LogP contribution is 2.11. The Kier molecular flexibility index (Phi) is 9.77. The summed E-state index contributed by atoms with van der Waals surface area (Å²) in [5, 5.41) is 5.85. The molecular formula is C25H32N4O3S. The molecule has 3 amide bonds. The van der Waals surface area contributed by atoms with Gasteiger partial charge in [0.05, 0.1) is 6.54 Å². The number of para-hydroxylation sites is 1. The van der Waals surface area contributed by atoms with E-state index in [9.17, 15) is 14.4 Å². The summed E-state index contributed by atoms with van der Waals surface area (Å²) < 4.78 is 0. The van der Waals surface area contributed by atoms with Crippen molar-refractivity contribution >= 4 is 35.2 Å². The number of anilines is 1. The van der Waals surface area contributed by atoms with Crippen LogP contribution >= 0.6 is 11.8 Å². The third kappa shape index (κ3) is 7.91. The van der Waals surface area contributed by atoms with Gasteiger partial charge in [0.15, 0.2) is 0 Å².